The fourth-order valence-corrected chi connectivity index (χ4v) is 2.78. The Kier molecular flexibility index (Phi) is 1.58. The molecule has 56 valence electrons. The molecule has 4 heteroatoms. The van der Waals surface area contributed by atoms with Crippen LogP contribution >= 0.6 is 11.8 Å². The number of fused-ring (bicyclic) bond motifs is 1. The summed E-state index contributed by atoms with van der Waals surface area (Å²) < 4.78 is 0. The van der Waals surface area contributed by atoms with Crippen molar-refractivity contribution < 1.29 is 0 Å². The van der Waals surface area contributed by atoms with E-state index in [0.29, 0.717) is 6.04 Å². The molecule has 0 aromatic carbocycles. The minimum absolute atomic E-state index is 0.566. The largest absolute Gasteiger partial charge is 0.303 e. The lowest BCUT2D eigenvalue weighted by Gasteiger charge is -2.02. The highest BCUT2D eigenvalue weighted by molar-refractivity contribution is 8.14. The molecule has 3 N–H and O–H groups in total. The lowest BCUT2D eigenvalue weighted by atomic mass is 10.3. The van der Waals surface area contributed by atoms with Crippen LogP contribution in [0.25, 0.3) is 0 Å². The van der Waals surface area contributed by atoms with E-state index in [0.717, 1.165) is 10.4 Å². The molecule has 2 rings (SSSR count). The van der Waals surface area contributed by atoms with E-state index in [-0.39, 0.29) is 0 Å². The number of nitrogens with zero attached hydrogens (tertiary/aromatic N) is 1. The van der Waals surface area contributed by atoms with E-state index >= 15 is 0 Å². The number of aliphatic imine (C=N–C) groups is 1. The van der Waals surface area contributed by atoms with Crippen LogP contribution in [0.4, 0.5) is 0 Å². The molecule has 1 aliphatic carbocycles. The van der Waals surface area contributed by atoms with Crippen LogP contribution in [0, 0.1) is 0 Å². The van der Waals surface area contributed by atoms with Gasteiger partial charge in [-0.15, -0.1) is 0 Å². The number of thioether (sulfide) groups is 1. The standard InChI is InChI=1S/C6H11N3S/c7-9-6-8-4-2-1-3-5(4)10-6/h4-5H,1-3,7H2,(H,8,9). The van der Waals surface area contributed by atoms with E-state index < -0.39 is 0 Å². The minimum atomic E-state index is 0.566. The predicted molar refractivity (Wildman–Crippen MR) is 43.8 cm³/mol. The van der Waals surface area contributed by atoms with Gasteiger partial charge in [-0.1, -0.05) is 18.2 Å². The van der Waals surface area contributed by atoms with Gasteiger partial charge >= 0.3 is 0 Å². The second-order valence-corrected chi connectivity index (χ2v) is 3.96. The molecule has 10 heavy (non-hydrogen) atoms. The number of nitrogens with two attached hydrogens (primary N) is 1. The Morgan fingerprint density at radius 2 is 2.50 bits per heavy atom. The second kappa shape index (κ2) is 2.43. The SMILES string of the molecule is NNC1=NC2CCCC2S1. The number of amidine groups is 1. The Morgan fingerprint density at radius 1 is 1.60 bits per heavy atom. The van der Waals surface area contributed by atoms with Crippen molar-refractivity contribution in [3.63, 3.8) is 0 Å². The average Bonchev–Trinajstić information content (AvgIpc) is 2.42. The smallest absolute Gasteiger partial charge is 0.171 e. The van der Waals surface area contributed by atoms with Crippen molar-refractivity contribution in [3.05, 3.63) is 0 Å². The van der Waals surface area contributed by atoms with Crippen molar-refractivity contribution in [2.24, 2.45) is 10.8 Å². The summed E-state index contributed by atoms with van der Waals surface area (Å²) in [6, 6.07) is 0.566. The normalized spacial score (nSPS) is 37.5. The van der Waals surface area contributed by atoms with E-state index in [9.17, 15) is 0 Å². The topological polar surface area (TPSA) is 50.4 Å². The fraction of sp³-hybridized carbons (Fsp3) is 0.833. The minimum Gasteiger partial charge on any atom is -0.303 e. The molecule has 3 nitrogen and oxygen atoms in total. The van der Waals surface area contributed by atoms with Crippen LogP contribution < -0.4 is 11.3 Å². The van der Waals surface area contributed by atoms with Crippen molar-refractivity contribution in [2.45, 2.75) is 30.6 Å². The highest BCUT2D eigenvalue weighted by atomic mass is 32.2. The van der Waals surface area contributed by atoms with Crippen LogP contribution in [-0.2, 0) is 0 Å². The third kappa shape index (κ3) is 0.914. The van der Waals surface area contributed by atoms with Gasteiger partial charge in [0.1, 0.15) is 0 Å². The molecule has 1 heterocycles. The third-order valence-corrected chi connectivity index (χ3v) is 3.39. The van der Waals surface area contributed by atoms with Gasteiger partial charge in [0.2, 0.25) is 0 Å². The first kappa shape index (κ1) is 6.49. The third-order valence-electron chi connectivity index (χ3n) is 2.09. The molecular formula is C6H11N3S. The van der Waals surface area contributed by atoms with Gasteiger partial charge in [0.15, 0.2) is 5.17 Å². The Hall–Kier alpha value is -0.220. The molecule has 1 saturated carbocycles. The molecule has 2 unspecified atom stereocenters. The van der Waals surface area contributed by atoms with Crippen molar-refractivity contribution >= 4 is 16.9 Å². The number of hydrogen-bond donors (Lipinski definition) is 2. The summed E-state index contributed by atoms with van der Waals surface area (Å²) in [7, 11) is 0. The maximum Gasteiger partial charge on any atom is 0.171 e. The van der Waals surface area contributed by atoms with Crippen LogP contribution in [0.5, 0.6) is 0 Å². The maximum atomic E-state index is 5.24. The zero-order chi connectivity index (χ0) is 6.97. The van der Waals surface area contributed by atoms with Crippen molar-refractivity contribution in [1.29, 1.82) is 0 Å². The van der Waals surface area contributed by atoms with E-state index in [4.69, 9.17) is 5.84 Å². The zero-order valence-corrected chi connectivity index (χ0v) is 6.53. The number of hydrazine groups is 1. The van der Waals surface area contributed by atoms with E-state index in [1.807, 2.05) is 0 Å². The number of nitrogens with one attached hydrogen (secondary N) is 1. The van der Waals surface area contributed by atoms with Crippen LogP contribution in [0.1, 0.15) is 19.3 Å². The molecule has 2 atom stereocenters. The average molecular weight is 157 g/mol. The molecule has 2 aliphatic rings. The summed E-state index contributed by atoms with van der Waals surface area (Å²) in [4.78, 5) is 4.41. The lowest BCUT2D eigenvalue weighted by Crippen LogP contribution is -2.26. The number of hydrogen-bond acceptors (Lipinski definition) is 4. The maximum absolute atomic E-state index is 5.24. The molecule has 0 bridgehead atoms. The summed E-state index contributed by atoms with van der Waals surface area (Å²) in [5, 5.41) is 1.65. The molecule has 0 amide bonds. The highest BCUT2D eigenvalue weighted by Gasteiger charge is 2.33. The second-order valence-electron chi connectivity index (χ2n) is 2.73. The van der Waals surface area contributed by atoms with Gasteiger partial charge in [0.25, 0.3) is 0 Å². The molecule has 1 aliphatic heterocycles. The van der Waals surface area contributed by atoms with Gasteiger partial charge in [-0.25, -0.2) is 5.84 Å². The van der Waals surface area contributed by atoms with Crippen LogP contribution in [0.15, 0.2) is 4.99 Å². The molecule has 0 spiro atoms. The van der Waals surface area contributed by atoms with E-state index in [1.54, 1.807) is 11.8 Å². The molecule has 1 fully saturated rings. The van der Waals surface area contributed by atoms with Gasteiger partial charge in [0, 0.05) is 5.25 Å². The molecule has 0 radical (unpaired) electrons. The Morgan fingerprint density at radius 3 is 3.20 bits per heavy atom. The first-order valence-corrected chi connectivity index (χ1v) is 4.49. The first-order valence-electron chi connectivity index (χ1n) is 3.61. The summed E-state index contributed by atoms with van der Waals surface area (Å²) in [5.74, 6) is 5.24. The van der Waals surface area contributed by atoms with Gasteiger partial charge in [0.05, 0.1) is 6.04 Å². The van der Waals surface area contributed by atoms with Gasteiger partial charge in [-0.3, -0.25) is 4.99 Å². The summed E-state index contributed by atoms with van der Waals surface area (Å²) in [5.41, 5.74) is 2.61. The monoisotopic (exact) mass is 157 g/mol. The van der Waals surface area contributed by atoms with E-state index in [2.05, 4.69) is 10.4 Å². The van der Waals surface area contributed by atoms with Crippen molar-refractivity contribution in [2.75, 3.05) is 0 Å². The molecule has 0 saturated heterocycles. The van der Waals surface area contributed by atoms with Crippen LogP contribution in [0.2, 0.25) is 0 Å². The Bertz CT molecular complexity index is 168. The lowest BCUT2D eigenvalue weighted by molar-refractivity contribution is 0.728. The summed E-state index contributed by atoms with van der Waals surface area (Å²) >= 11 is 1.80. The summed E-state index contributed by atoms with van der Waals surface area (Å²) in [6.45, 7) is 0. The fourth-order valence-electron chi connectivity index (χ4n) is 1.59. The van der Waals surface area contributed by atoms with Gasteiger partial charge in [-0.2, -0.15) is 0 Å². The van der Waals surface area contributed by atoms with Gasteiger partial charge < -0.3 is 5.43 Å². The Balaban J connectivity index is 2.06. The highest BCUT2D eigenvalue weighted by Crippen LogP contribution is 2.37. The quantitative estimate of drug-likeness (QED) is 0.397. The zero-order valence-electron chi connectivity index (χ0n) is 5.71. The van der Waals surface area contributed by atoms with Crippen molar-refractivity contribution in [1.82, 2.24) is 5.43 Å². The van der Waals surface area contributed by atoms with Gasteiger partial charge in [-0.05, 0) is 12.8 Å². The Labute approximate surface area is 64.4 Å². The predicted octanol–water partition coefficient (Wildman–Crippen LogP) is 0.474. The molecule has 0 aromatic heterocycles. The van der Waals surface area contributed by atoms with Crippen molar-refractivity contribution in [3.8, 4) is 0 Å². The van der Waals surface area contributed by atoms with Crippen LogP contribution in [-0.4, -0.2) is 16.5 Å². The first-order chi connectivity index (χ1) is 4.90. The molecule has 0 aromatic rings. The summed E-state index contributed by atoms with van der Waals surface area (Å²) in [6.07, 6.45) is 3.90. The molecular weight excluding hydrogens is 146 g/mol. The number of rotatable bonds is 0. The van der Waals surface area contributed by atoms with E-state index in [1.165, 1.54) is 19.3 Å². The van der Waals surface area contributed by atoms with Crippen LogP contribution in [0.3, 0.4) is 0 Å².